The van der Waals surface area contributed by atoms with Gasteiger partial charge in [-0.3, -0.25) is 14.4 Å². The van der Waals surface area contributed by atoms with Gasteiger partial charge >= 0.3 is 0 Å². The molecule has 6 heteroatoms. The van der Waals surface area contributed by atoms with Crippen LogP contribution < -0.4 is 16.2 Å². The van der Waals surface area contributed by atoms with Crippen molar-refractivity contribution in [2.75, 3.05) is 13.1 Å². The zero-order chi connectivity index (χ0) is 13.5. The van der Waals surface area contributed by atoms with Gasteiger partial charge in [0.05, 0.1) is 6.54 Å². The van der Waals surface area contributed by atoms with Gasteiger partial charge in [-0.1, -0.05) is 6.92 Å². The number of nitrogens with zero attached hydrogens (tertiary/aromatic N) is 1. The molecule has 0 unspecified atom stereocenters. The van der Waals surface area contributed by atoms with Crippen molar-refractivity contribution in [3.05, 3.63) is 34.2 Å². The molecule has 1 heterocycles. The summed E-state index contributed by atoms with van der Waals surface area (Å²) in [5.74, 6) is -0.673. The van der Waals surface area contributed by atoms with Crippen molar-refractivity contribution in [2.24, 2.45) is 7.05 Å². The van der Waals surface area contributed by atoms with Crippen LogP contribution in [0.3, 0.4) is 0 Å². The smallest absolute Gasteiger partial charge is 0.251 e. The minimum Gasteiger partial charge on any atom is -0.355 e. The second-order valence-electron chi connectivity index (χ2n) is 3.90. The topological polar surface area (TPSA) is 80.2 Å². The molecule has 0 saturated heterocycles. The summed E-state index contributed by atoms with van der Waals surface area (Å²) in [6.45, 7) is 2.44. The summed E-state index contributed by atoms with van der Waals surface area (Å²) in [6.07, 6.45) is 2.35. The standard InChI is InChI=1S/C12H17N3O3/c1-3-5-13-10(16)8-14-12(18)9-4-6-15(2)11(17)7-9/h4,6-7H,3,5,8H2,1-2H3,(H,13,16)(H,14,18). The molecule has 6 nitrogen and oxygen atoms in total. The molecule has 0 fully saturated rings. The highest BCUT2D eigenvalue weighted by atomic mass is 16.2. The lowest BCUT2D eigenvalue weighted by atomic mass is 10.2. The Morgan fingerprint density at radius 3 is 2.67 bits per heavy atom. The molecule has 98 valence electrons. The number of carbonyl (C=O) groups excluding carboxylic acids is 2. The van der Waals surface area contributed by atoms with Crippen LogP contribution in [0.25, 0.3) is 0 Å². The lowest BCUT2D eigenvalue weighted by molar-refractivity contribution is -0.120. The molecular weight excluding hydrogens is 234 g/mol. The average molecular weight is 251 g/mol. The molecule has 18 heavy (non-hydrogen) atoms. The number of nitrogens with one attached hydrogen (secondary N) is 2. The number of amides is 2. The minimum absolute atomic E-state index is 0.0892. The summed E-state index contributed by atoms with van der Waals surface area (Å²) in [5.41, 5.74) is -0.0144. The van der Waals surface area contributed by atoms with Crippen molar-refractivity contribution >= 4 is 11.8 Å². The van der Waals surface area contributed by atoms with Crippen LogP contribution in [0.1, 0.15) is 23.7 Å². The first-order chi connectivity index (χ1) is 8.54. The SMILES string of the molecule is CCCNC(=O)CNC(=O)c1ccn(C)c(=O)c1. The van der Waals surface area contributed by atoms with E-state index in [1.165, 1.54) is 22.9 Å². The largest absolute Gasteiger partial charge is 0.355 e. The van der Waals surface area contributed by atoms with Crippen molar-refractivity contribution in [3.63, 3.8) is 0 Å². The first-order valence-corrected chi connectivity index (χ1v) is 5.76. The first-order valence-electron chi connectivity index (χ1n) is 5.76. The molecule has 0 radical (unpaired) electrons. The number of aryl methyl sites for hydroxylation is 1. The van der Waals surface area contributed by atoms with E-state index in [4.69, 9.17) is 0 Å². The fourth-order valence-corrected chi connectivity index (χ4v) is 1.28. The lowest BCUT2D eigenvalue weighted by Crippen LogP contribution is -2.37. The predicted octanol–water partition coefficient (Wildman–Crippen LogP) is -0.359. The van der Waals surface area contributed by atoms with E-state index in [9.17, 15) is 14.4 Å². The van der Waals surface area contributed by atoms with Gasteiger partial charge in [0.15, 0.2) is 0 Å². The van der Waals surface area contributed by atoms with E-state index in [-0.39, 0.29) is 23.6 Å². The van der Waals surface area contributed by atoms with Gasteiger partial charge in [-0.15, -0.1) is 0 Å². The van der Waals surface area contributed by atoms with Gasteiger partial charge in [0, 0.05) is 31.4 Å². The Hall–Kier alpha value is -2.11. The van der Waals surface area contributed by atoms with Gasteiger partial charge in [0.25, 0.3) is 11.5 Å². The summed E-state index contributed by atoms with van der Waals surface area (Å²) >= 11 is 0. The number of rotatable bonds is 5. The molecule has 0 bridgehead atoms. The highest BCUT2D eigenvalue weighted by Gasteiger charge is 2.08. The van der Waals surface area contributed by atoms with E-state index in [0.29, 0.717) is 6.54 Å². The number of aromatic nitrogens is 1. The fourth-order valence-electron chi connectivity index (χ4n) is 1.28. The summed E-state index contributed by atoms with van der Waals surface area (Å²) in [4.78, 5) is 34.2. The van der Waals surface area contributed by atoms with Gasteiger partial charge in [-0.25, -0.2) is 0 Å². The van der Waals surface area contributed by atoms with E-state index >= 15 is 0 Å². The Morgan fingerprint density at radius 2 is 2.06 bits per heavy atom. The van der Waals surface area contributed by atoms with E-state index in [0.717, 1.165) is 6.42 Å². The maximum atomic E-state index is 11.6. The minimum atomic E-state index is -0.431. The van der Waals surface area contributed by atoms with Crippen LogP contribution >= 0.6 is 0 Å². The van der Waals surface area contributed by atoms with Crippen LogP contribution in [0.2, 0.25) is 0 Å². The molecule has 1 aromatic rings. The zero-order valence-corrected chi connectivity index (χ0v) is 10.5. The molecule has 1 rings (SSSR count). The second-order valence-corrected chi connectivity index (χ2v) is 3.90. The zero-order valence-electron chi connectivity index (χ0n) is 10.5. The van der Waals surface area contributed by atoms with Gasteiger partial charge in [0.2, 0.25) is 5.91 Å². The molecule has 0 spiro atoms. The van der Waals surface area contributed by atoms with Crippen molar-refractivity contribution in [3.8, 4) is 0 Å². The van der Waals surface area contributed by atoms with E-state index in [2.05, 4.69) is 10.6 Å². The maximum absolute atomic E-state index is 11.6. The van der Waals surface area contributed by atoms with Crippen molar-refractivity contribution in [2.45, 2.75) is 13.3 Å². The molecule has 0 aromatic carbocycles. The maximum Gasteiger partial charge on any atom is 0.251 e. The summed E-state index contributed by atoms with van der Waals surface area (Å²) in [5, 5.41) is 5.10. The van der Waals surface area contributed by atoms with Crippen LogP contribution in [0.5, 0.6) is 0 Å². The summed E-state index contributed by atoms with van der Waals surface area (Å²) < 4.78 is 1.37. The number of carbonyl (C=O) groups is 2. The van der Waals surface area contributed by atoms with Crippen LogP contribution in [-0.4, -0.2) is 29.5 Å². The number of hydrogen-bond donors (Lipinski definition) is 2. The van der Waals surface area contributed by atoms with E-state index in [1.807, 2.05) is 6.92 Å². The molecule has 2 amide bonds. The van der Waals surface area contributed by atoms with E-state index in [1.54, 1.807) is 7.05 Å². The van der Waals surface area contributed by atoms with E-state index < -0.39 is 5.91 Å². The Balaban J connectivity index is 2.53. The Labute approximate surface area is 105 Å². The van der Waals surface area contributed by atoms with Crippen LogP contribution in [0, 0.1) is 0 Å². The molecule has 0 saturated carbocycles. The molecule has 0 atom stereocenters. The lowest BCUT2D eigenvalue weighted by Gasteiger charge is -2.06. The molecule has 2 N–H and O–H groups in total. The molecule has 0 aliphatic rings. The molecule has 0 aliphatic carbocycles. The highest BCUT2D eigenvalue weighted by molar-refractivity contribution is 5.96. The molecule has 1 aromatic heterocycles. The Morgan fingerprint density at radius 1 is 1.33 bits per heavy atom. The summed E-state index contributed by atoms with van der Waals surface area (Å²) in [7, 11) is 1.60. The third-order valence-corrected chi connectivity index (χ3v) is 2.35. The molecular formula is C12H17N3O3. The summed E-state index contributed by atoms with van der Waals surface area (Å²) in [6, 6.07) is 2.76. The normalized spacial score (nSPS) is 9.89. The average Bonchev–Trinajstić information content (AvgIpc) is 2.36. The van der Waals surface area contributed by atoms with Crippen LogP contribution in [-0.2, 0) is 11.8 Å². The third kappa shape index (κ3) is 4.04. The second kappa shape index (κ2) is 6.58. The number of hydrogen-bond acceptors (Lipinski definition) is 3. The predicted molar refractivity (Wildman–Crippen MR) is 67.3 cm³/mol. The quantitative estimate of drug-likeness (QED) is 0.750. The Kier molecular flexibility index (Phi) is 5.10. The monoisotopic (exact) mass is 251 g/mol. The van der Waals surface area contributed by atoms with Gasteiger partial charge < -0.3 is 15.2 Å². The Bertz CT molecular complexity index is 494. The van der Waals surface area contributed by atoms with Crippen molar-refractivity contribution in [1.29, 1.82) is 0 Å². The van der Waals surface area contributed by atoms with Gasteiger partial charge in [0.1, 0.15) is 0 Å². The molecule has 0 aliphatic heterocycles. The van der Waals surface area contributed by atoms with Crippen LogP contribution in [0.15, 0.2) is 23.1 Å². The third-order valence-electron chi connectivity index (χ3n) is 2.35. The van der Waals surface area contributed by atoms with Crippen LogP contribution in [0.4, 0.5) is 0 Å². The fraction of sp³-hybridized carbons (Fsp3) is 0.417. The van der Waals surface area contributed by atoms with Gasteiger partial charge in [-0.2, -0.15) is 0 Å². The first kappa shape index (κ1) is 14.0. The highest BCUT2D eigenvalue weighted by Crippen LogP contribution is 1.93. The van der Waals surface area contributed by atoms with Gasteiger partial charge in [-0.05, 0) is 12.5 Å². The number of pyridine rings is 1. The van der Waals surface area contributed by atoms with Crippen molar-refractivity contribution in [1.82, 2.24) is 15.2 Å². The van der Waals surface area contributed by atoms with Crippen molar-refractivity contribution < 1.29 is 9.59 Å².